The maximum atomic E-state index is 11.6. The molecule has 0 aromatic heterocycles. The third-order valence-electron chi connectivity index (χ3n) is 2.76. The van der Waals surface area contributed by atoms with Crippen molar-refractivity contribution in [2.45, 2.75) is 32.1 Å². The molecule has 0 saturated heterocycles. The zero-order valence-corrected chi connectivity index (χ0v) is 8.59. The number of aliphatic carboxylic acids is 1. The van der Waals surface area contributed by atoms with E-state index in [1.54, 1.807) is 6.08 Å². The van der Waals surface area contributed by atoms with E-state index in [0.717, 1.165) is 12.8 Å². The topological polar surface area (TPSA) is 54.4 Å². The molecular formula is C10H13ClO3. The van der Waals surface area contributed by atoms with E-state index in [9.17, 15) is 9.59 Å². The first-order chi connectivity index (χ1) is 6.63. The van der Waals surface area contributed by atoms with Crippen LogP contribution >= 0.6 is 11.6 Å². The fraction of sp³-hybridized carbons (Fsp3) is 0.600. The smallest absolute Gasteiger partial charge is 0.317 e. The van der Waals surface area contributed by atoms with Crippen molar-refractivity contribution >= 4 is 23.4 Å². The van der Waals surface area contributed by atoms with Gasteiger partial charge in [0.25, 0.3) is 0 Å². The van der Waals surface area contributed by atoms with E-state index in [1.165, 1.54) is 5.54 Å². The summed E-state index contributed by atoms with van der Waals surface area (Å²) in [7, 11) is 0. The molecule has 1 aliphatic rings. The Kier molecular flexibility index (Phi) is 3.69. The maximum absolute atomic E-state index is 11.6. The quantitative estimate of drug-likeness (QED) is 0.737. The van der Waals surface area contributed by atoms with Gasteiger partial charge in [0.2, 0.25) is 0 Å². The summed E-state index contributed by atoms with van der Waals surface area (Å²) in [6.07, 6.45) is 4.17. The van der Waals surface area contributed by atoms with Crippen molar-refractivity contribution in [2.24, 2.45) is 5.41 Å². The highest BCUT2D eigenvalue weighted by Crippen LogP contribution is 2.37. The second-order valence-electron chi connectivity index (χ2n) is 3.58. The number of carbonyl (C=O) groups excluding carboxylic acids is 1. The number of carboxylic acid groups (broad SMARTS) is 1. The van der Waals surface area contributed by atoms with Crippen molar-refractivity contribution in [1.82, 2.24) is 0 Å². The Morgan fingerprint density at radius 2 is 2.29 bits per heavy atom. The first-order valence-corrected chi connectivity index (χ1v) is 5.09. The Morgan fingerprint density at radius 3 is 2.79 bits per heavy atom. The van der Waals surface area contributed by atoms with Gasteiger partial charge in [0.05, 0.1) is 0 Å². The number of allylic oxidation sites excluding steroid dienone is 1. The lowest BCUT2D eigenvalue weighted by atomic mass is 9.71. The standard InChI is InChI=1S/C10H13ClO3/c11-7-3-6-10(9(13)14)5-2-1-4-8(10)12/h3,7H,1-2,4-6H2,(H,13,14)/b7-3+. The van der Waals surface area contributed by atoms with Gasteiger partial charge >= 0.3 is 5.97 Å². The van der Waals surface area contributed by atoms with Gasteiger partial charge in [-0.2, -0.15) is 0 Å². The van der Waals surface area contributed by atoms with Crippen LogP contribution in [0, 0.1) is 5.41 Å². The number of Topliss-reactive ketones (excluding diaryl/α,β-unsaturated/α-hetero) is 1. The van der Waals surface area contributed by atoms with Crippen molar-refractivity contribution in [3.05, 3.63) is 11.6 Å². The summed E-state index contributed by atoms with van der Waals surface area (Å²) in [5.41, 5.74) is 0.0657. The van der Waals surface area contributed by atoms with Gasteiger partial charge in [-0.1, -0.05) is 24.1 Å². The molecule has 3 nitrogen and oxygen atoms in total. The highest BCUT2D eigenvalue weighted by atomic mass is 35.5. The van der Waals surface area contributed by atoms with Crippen LogP contribution in [0.2, 0.25) is 0 Å². The molecule has 0 heterocycles. The highest BCUT2D eigenvalue weighted by Gasteiger charge is 2.45. The third-order valence-corrected chi connectivity index (χ3v) is 2.93. The van der Waals surface area contributed by atoms with Crippen LogP contribution in [-0.4, -0.2) is 16.9 Å². The van der Waals surface area contributed by atoms with E-state index in [2.05, 4.69) is 0 Å². The molecule has 1 N–H and O–H groups in total. The number of halogens is 1. The molecule has 0 bridgehead atoms. The van der Waals surface area contributed by atoms with E-state index < -0.39 is 11.4 Å². The van der Waals surface area contributed by atoms with Crippen LogP contribution in [0.3, 0.4) is 0 Å². The zero-order valence-electron chi connectivity index (χ0n) is 7.83. The van der Waals surface area contributed by atoms with Gasteiger partial charge in [-0.05, 0) is 19.3 Å². The first-order valence-electron chi connectivity index (χ1n) is 4.65. The zero-order chi connectivity index (χ0) is 10.6. The van der Waals surface area contributed by atoms with Crippen LogP contribution in [0.4, 0.5) is 0 Å². The second-order valence-corrected chi connectivity index (χ2v) is 3.84. The minimum atomic E-state index is -1.20. The predicted octanol–water partition coefficient (Wildman–Crippen LogP) is 2.34. The highest BCUT2D eigenvalue weighted by molar-refractivity contribution is 6.25. The van der Waals surface area contributed by atoms with Gasteiger partial charge in [-0.3, -0.25) is 9.59 Å². The summed E-state index contributed by atoms with van der Waals surface area (Å²) in [5.74, 6) is -1.18. The van der Waals surface area contributed by atoms with E-state index in [0.29, 0.717) is 12.8 Å². The summed E-state index contributed by atoms with van der Waals surface area (Å²) in [6.45, 7) is 0. The van der Waals surface area contributed by atoms with E-state index >= 15 is 0 Å². The lowest BCUT2D eigenvalue weighted by molar-refractivity contribution is -0.156. The van der Waals surface area contributed by atoms with Crippen LogP contribution in [0.1, 0.15) is 32.1 Å². The Morgan fingerprint density at radius 1 is 1.57 bits per heavy atom. The summed E-state index contributed by atoms with van der Waals surface area (Å²) < 4.78 is 0. The molecule has 14 heavy (non-hydrogen) atoms. The van der Waals surface area contributed by atoms with Crippen LogP contribution in [0.15, 0.2) is 11.6 Å². The number of hydrogen-bond acceptors (Lipinski definition) is 2. The molecule has 78 valence electrons. The van der Waals surface area contributed by atoms with Gasteiger partial charge in [-0.15, -0.1) is 0 Å². The summed E-state index contributed by atoms with van der Waals surface area (Å²) >= 11 is 5.35. The molecule has 1 saturated carbocycles. The minimum absolute atomic E-state index is 0.161. The first kappa shape index (κ1) is 11.2. The third kappa shape index (κ3) is 1.98. The van der Waals surface area contributed by atoms with Crippen molar-refractivity contribution < 1.29 is 14.7 Å². The molecule has 0 aromatic rings. The fourth-order valence-corrected chi connectivity index (χ4v) is 1.96. The fourth-order valence-electron chi connectivity index (χ4n) is 1.87. The number of hydrogen-bond donors (Lipinski definition) is 1. The number of ketones is 1. The average molecular weight is 217 g/mol. The van der Waals surface area contributed by atoms with E-state index in [-0.39, 0.29) is 12.2 Å². The second kappa shape index (κ2) is 4.60. The molecule has 0 spiro atoms. The van der Waals surface area contributed by atoms with Crippen LogP contribution in [-0.2, 0) is 9.59 Å². The van der Waals surface area contributed by atoms with Crippen LogP contribution in [0.5, 0.6) is 0 Å². The molecular weight excluding hydrogens is 204 g/mol. The lowest BCUT2D eigenvalue weighted by Gasteiger charge is -2.30. The molecule has 0 aliphatic heterocycles. The monoisotopic (exact) mass is 216 g/mol. The predicted molar refractivity (Wildman–Crippen MR) is 53.2 cm³/mol. The Labute approximate surface area is 87.7 Å². The Balaban J connectivity index is 2.89. The Hall–Kier alpha value is -0.830. The van der Waals surface area contributed by atoms with Crippen molar-refractivity contribution in [2.75, 3.05) is 0 Å². The van der Waals surface area contributed by atoms with Gasteiger partial charge in [0.15, 0.2) is 0 Å². The van der Waals surface area contributed by atoms with E-state index in [1.807, 2.05) is 0 Å². The molecule has 1 atom stereocenters. The number of carbonyl (C=O) groups is 2. The summed E-state index contributed by atoms with van der Waals surface area (Å²) in [5, 5.41) is 9.09. The molecule has 1 fully saturated rings. The van der Waals surface area contributed by atoms with E-state index in [4.69, 9.17) is 16.7 Å². The van der Waals surface area contributed by atoms with Gasteiger partial charge in [0.1, 0.15) is 11.2 Å². The van der Waals surface area contributed by atoms with Crippen molar-refractivity contribution in [3.63, 3.8) is 0 Å². The van der Waals surface area contributed by atoms with Gasteiger partial charge in [0, 0.05) is 12.0 Å². The van der Waals surface area contributed by atoms with Crippen molar-refractivity contribution in [1.29, 1.82) is 0 Å². The molecule has 4 heteroatoms. The van der Waals surface area contributed by atoms with Gasteiger partial charge < -0.3 is 5.11 Å². The summed E-state index contributed by atoms with van der Waals surface area (Å²) in [6, 6.07) is 0. The minimum Gasteiger partial charge on any atom is -0.480 e. The number of carboxylic acids is 1. The average Bonchev–Trinajstić information content (AvgIpc) is 2.16. The molecule has 0 amide bonds. The molecule has 1 rings (SSSR count). The van der Waals surface area contributed by atoms with Gasteiger partial charge in [-0.25, -0.2) is 0 Å². The largest absolute Gasteiger partial charge is 0.480 e. The number of rotatable bonds is 3. The Bertz CT molecular complexity index is 273. The molecule has 1 aliphatic carbocycles. The molecule has 0 aromatic carbocycles. The SMILES string of the molecule is O=C(O)C1(C/C=C/Cl)CCCCC1=O. The summed E-state index contributed by atoms with van der Waals surface area (Å²) in [4.78, 5) is 22.7. The van der Waals surface area contributed by atoms with Crippen molar-refractivity contribution in [3.8, 4) is 0 Å². The normalized spacial score (nSPS) is 28.2. The molecule has 1 unspecified atom stereocenters. The maximum Gasteiger partial charge on any atom is 0.317 e. The van der Waals surface area contributed by atoms with Crippen LogP contribution < -0.4 is 0 Å². The lowest BCUT2D eigenvalue weighted by Crippen LogP contribution is -2.41. The van der Waals surface area contributed by atoms with Crippen LogP contribution in [0.25, 0.3) is 0 Å². The molecule has 0 radical (unpaired) electrons.